The van der Waals surface area contributed by atoms with E-state index in [9.17, 15) is 9.90 Å². The number of benzene rings is 1. The van der Waals surface area contributed by atoms with Gasteiger partial charge in [-0.15, -0.1) is 11.3 Å². The SMILES string of the molecule is CC[C@H]1CN(Cc2ccc(OC)cc2O)CC[C@H]1CC(=O)Nc1nccs1. The van der Waals surface area contributed by atoms with E-state index in [1.54, 1.807) is 19.4 Å². The third-order valence-electron chi connectivity index (χ3n) is 5.31. The molecule has 2 N–H and O–H groups in total. The molecule has 3 rings (SSSR count). The van der Waals surface area contributed by atoms with Crippen molar-refractivity contribution < 1.29 is 14.6 Å². The smallest absolute Gasteiger partial charge is 0.226 e. The summed E-state index contributed by atoms with van der Waals surface area (Å²) in [7, 11) is 1.59. The molecule has 2 heterocycles. The number of amides is 1. The minimum atomic E-state index is 0.0506. The summed E-state index contributed by atoms with van der Waals surface area (Å²) in [6.07, 6.45) is 4.27. The summed E-state index contributed by atoms with van der Waals surface area (Å²) in [5.41, 5.74) is 0.908. The standard InChI is InChI=1S/C20H27N3O3S/c1-3-14-12-23(13-16-4-5-17(26-2)11-18(16)24)8-6-15(14)10-19(25)22-20-21-7-9-27-20/h4-5,7,9,11,14-15,24H,3,6,8,10,12-13H2,1-2H3,(H,21,22,25)/t14-,15-/m0/s1. The lowest BCUT2D eigenvalue weighted by molar-refractivity contribution is -0.118. The molecule has 0 radical (unpaired) electrons. The number of phenols is 1. The molecule has 27 heavy (non-hydrogen) atoms. The number of ether oxygens (including phenoxy) is 1. The lowest BCUT2D eigenvalue weighted by Crippen LogP contribution is -2.41. The van der Waals surface area contributed by atoms with Crippen LogP contribution in [-0.4, -0.2) is 41.1 Å². The van der Waals surface area contributed by atoms with Gasteiger partial charge in [0.2, 0.25) is 5.91 Å². The summed E-state index contributed by atoms with van der Waals surface area (Å²) in [4.78, 5) is 18.8. The van der Waals surface area contributed by atoms with Crippen LogP contribution in [0.5, 0.6) is 11.5 Å². The van der Waals surface area contributed by atoms with Crippen LogP contribution < -0.4 is 10.1 Å². The largest absolute Gasteiger partial charge is 0.507 e. The highest BCUT2D eigenvalue weighted by atomic mass is 32.1. The molecule has 1 aromatic heterocycles. The zero-order valence-electron chi connectivity index (χ0n) is 15.9. The molecule has 146 valence electrons. The fraction of sp³-hybridized carbons (Fsp3) is 0.500. The van der Waals surface area contributed by atoms with Gasteiger partial charge in [-0.3, -0.25) is 9.69 Å². The van der Waals surface area contributed by atoms with Gasteiger partial charge in [0.05, 0.1) is 7.11 Å². The monoisotopic (exact) mass is 389 g/mol. The summed E-state index contributed by atoms with van der Waals surface area (Å²) in [5.74, 6) is 1.84. The van der Waals surface area contributed by atoms with Crippen molar-refractivity contribution in [2.45, 2.75) is 32.7 Å². The van der Waals surface area contributed by atoms with Crippen molar-refractivity contribution in [1.29, 1.82) is 0 Å². The van der Waals surface area contributed by atoms with Crippen LogP contribution in [0.1, 0.15) is 31.7 Å². The molecular weight excluding hydrogens is 362 g/mol. The van der Waals surface area contributed by atoms with Gasteiger partial charge >= 0.3 is 0 Å². The number of aromatic hydroxyl groups is 1. The quantitative estimate of drug-likeness (QED) is 0.755. The van der Waals surface area contributed by atoms with Gasteiger partial charge < -0.3 is 15.2 Å². The van der Waals surface area contributed by atoms with Crippen LogP contribution in [0.3, 0.4) is 0 Å². The highest BCUT2D eigenvalue weighted by Gasteiger charge is 2.30. The van der Waals surface area contributed by atoms with Crippen molar-refractivity contribution >= 4 is 22.4 Å². The number of nitrogens with zero attached hydrogens (tertiary/aromatic N) is 2. The molecule has 0 saturated carbocycles. The number of methoxy groups -OCH3 is 1. The summed E-state index contributed by atoms with van der Waals surface area (Å²) < 4.78 is 5.15. The molecule has 2 atom stereocenters. The molecule has 1 aromatic carbocycles. The van der Waals surface area contributed by atoms with Crippen LogP contribution in [-0.2, 0) is 11.3 Å². The van der Waals surface area contributed by atoms with Crippen LogP contribution in [0, 0.1) is 11.8 Å². The molecule has 0 spiro atoms. The Balaban J connectivity index is 1.55. The molecule has 1 amide bonds. The van der Waals surface area contributed by atoms with E-state index in [0.29, 0.717) is 35.7 Å². The maximum atomic E-state index is 12.3. The van der Waals surface area contributed by atoms with E-state index in [-0.39, 0.29) is 11.7 Å². The number of piperidine rings is 1. The van der Waals surface area contributed by atoms with E-state index >= 15 is 0 Å². The highest BCUT2D eigenvalue weighted by Crippen LogP contribution is 2.32. The first kappa shape index (κ1) is 19.6. The Hall–Kier alpha value is -2.12. The maximum Gasteiger partial charge on any atom is 0.226 e. The number of phenolic OH excluding ortho intramolecular Hbond substituents is 1. The van der Waals surface area contributed by atoms with E-state index < -0.39 is 0 Å². The average molecular weight is 390 g/mol. The van der Waals surface area contributed by atoms with Crippen LogP contribution in [0.25, 0.3) is 0 Å². The second-order valence-electron chi connectivity index (χ2n) is 7.04. The fourth-order valence-electron chi connectivity index (χ4n) is 3.77. The van der Waals surface area contributed by atoms with E-state index in [2.05, 4.69) is 22.1 Å². The summed E-state index contributed by atoms with van der Waals surface area (Å²) in [6.45, 7) is 4.77. The van der Waals surface area contributed by atoms with Crippen molar-refractivity contribution in [1.82, 2.24) is 9.88 Å². The summed E-state index contributed by atoms with van der Waals surface area (Å²) in [5, 5.41) is 15.6. The van der Waals surface area contributed by atoms with Crippen LogP contribution >= 0.6 is 11.3 Å². The number of hydrogen-bond acceptors (Lipinski definition) is 6. The Morgan fingerprint density at radius 1 is 1.44 bits per heavy atom. The first-order valence-electron chi connectivity index (χ1n) is 9.36. The van der Waals surface area contributed by atoms with E-state index in [0.717, 1.165) is 31.5 Å². The van der Waals surface area contributed by atoms with Crippen molar-refractivity contribution in [2.24, 2.45) is 11.8 Å². The molecule has 7 heteroatoms. The zero-order chi connectivity index (χ0) is 19.2. The van der Waals surface area contributed by atoms with Gasteiger partial charge in [-0.05, 0) is 30.9 Å². The number of carbonyl (C=O) groups excluding carboxylic acids is 1. The predicted octanol–water partition coefficient (Wildman–Crippen LogP) is 3.73. The van der Waals surface area contributed by atoms with Crippen molar-refractivity contribution in [3.63, 3.8) is 0 Å². The third kappa shape index (κ3) is 5.20. The third-order valence-corrected chi connectivity index (χ3v) is 6.00. The fourth-order valence-corrected chi connectivity index (χ4v) is 4.31. The van der Waals surface area contributed by atoms with Crippen LogP contribution in [0.2, 0.25) is 0 Å². The number of anilines is 1. The van der Waals surface area contributed by atoms with E-state index in [4.69, 9.17) is 4.74 Å². The second kappa shape index (κ2) is 9.19. The summed E-state index contributed by atoms with van der Waals surface area (Å²) in [6, 6.07) is 5.45. The molecule has 1 aliphatic heterocycles. The van der Waals surface area contributed by atoms with Crippen molar-refractivity contribution in [2.75, 3.05) is 25.5 Å². The molecule has 2 aromatic rings. The number of hydrogen-bond donors (Lipinski definition) is 2. The number of aromatic nitrogens is 1. The number of rotatable bonds is 7. The molecule has 1 fully saturated rings. The average Bonchev–Trinajstić information content (AvgIpc) is 3.17. The van der Waals surface area contributed by atoms with Crippen LogP contribution in [0.15, 0.2) is 29.8 Å². The maximum absolute atomic E-state index is 12.3. The van der Waals surface area contributed by atoms with Gasteiger partial charge in [0.1, 0.15) is 11.5 Å². The molecule has 6 nitrogen and oxygen atoms in total. The van der Waals surface area contributed by atoms with Gasteiger partial charge in [0.15, 0.2) is 5.13 Å². The molecule has 0 aliphatic carbocycles. The summed E-state index contributed by atoms with van der Waals surface area (Å²) >= 11 is 1.44. The van der Waals surface area contributed by atoms with E-state index in [1.807, 2.05) is 17.5 Å². The van der Waals surface area contributed by atoms with E-state index in [1.165, 1.54) is 11.3 Å². The Morgan fingerprint density at radius 3 is 2.96 bits per heavy atom. The number of nitrogens with one attached hydrogen (secondary N) is 1. The minimum Gasteiger partial charge on any atom is -0.507 e. The first-order chi connectivity index (χ1) is 13.1. The van der Waals surface area contributed by atoms with Gasteiger partial charge in [-0.2, -0.15) is 0 Å². The number of thiazole rings is 1. The van der Waals surface area contributed by atoms with Crippen molar-refractivity contribution in [3.8, 4) is 11.5 Å². The molecule has 1 aliphatic rings. The Bertz CT molecular complexity index is 751. The van der Waals surface area contributed by atoms with Crippen molar-refractivity contribution in [3.05, 3.63) is 35.3 Å². The van der Waals surface area contributed by atoms with Gasteiger partial charge in [0.25, 0.3) is 0 Å². The lowest BCUT2D eigenvalue weighted by atomic mass is 9.81. The Kier molecular flexibility index (Phi) is 6.68. The number of likely N-dealkylation sites (tertiary alicyclic amines) is 1. The molecular formula is C20H27N3O3S. The minimum absolute atomic E-state index is 0.0506. The zero-order valence-corrected chi connectivity index (χ0v) is 16.7. The molecule has 1 saturated heterocycles. The molecule has 0 unspecified atom stereocenters. The van der Waals surface area contributed by atoms with Crippen LogP contribution in [0.4, 0.5) is 5.13 Å². The first-order valence-corrected chi connectivity index (χ1v) is 10.2. The van der Waals surface area contributed by atoms with Gasteiger partial charge in [-0.1, -0.05) is 19.4 Å². The number of carbonyl (C=O) groups is 1. The Morgan fingerprint density at radius 2 is 2.30 bits per heavy atom. The predicted molar refractivity (Wildman–Crippen MR) is 107 cm³/mol. The topological polar surface area (TPSA) is 74.7 Å². The normalized spacial score (nSPS) is 20.4. The Labute approximate surface area is 164 Å². The lowest BCUT2D eigenvalue weighted by Gasteiger charge is -2.38. The van der Waals surface area contributed by atoms with Gasteiger partial charge in [0, 0.05) is 42.7 Å². The second-order valence-corrected chi connectivity index (χ2v) is 7.93. The molecule has 0 bridgehead atoms. The highest BCUT2D eigenvalue weighted by molar-refractivity contribution is 7.13. The van der Waals surface area contributed by atoms with Gasteiger partial charge in [-0.25, -0.2) is 4.98 Å².